The number of amides is 2. The third-order valence-corrected chi connectivity index (χ3v) is 5.97. The van der Waals surface area contributed by atoms with Gasteiger partial charge in [-0.1, -0.05) is 0 Å². The highest BCUT2D eigenvalue weighted by Gasteiger charge is 2.76. The van der Waals surface area contributed by atoms with Crippen LogP contribution in [0, 0.1) is 23.2 Å². The number of nitriles is 1. The van der Waals surface area contributed by atoms with Gasteiger partial charge >= 0.3 is 0 Å². The number of ether oxygens (including phenoxy) is 3. The van der Waals surface area contributed by atoms with Gasteiger partial charge in [0.2, 0.25) is 11.8 Å². The van der Waals surface area contributed by atoms with Crippen molar-refractivity contribution in [2.75, 3.05) is 19.1 Å². The first-order valence-corrected chi connectivity index (χ1v) is 8.35. The third kappa shape index (κ3) is 1.87. The number of rotatable bonds is 3. The number of fused-ring (bicyclic) bond motifs is 5. The van der Waals surface area contributed by atoms with Crippen LogP contribution in [0.4, 0.5) is 5.69 Å². The topological polar surface area (TPSA) is 102 Å². The molecule has 0 radical (unpaired) electrons. The Bertz CT molecular complexity index is 865. The van der Waals surface area contributed by atoms with Gasteiger partial charge in [0.1, 0.15) is 11.7 Å². The van der Waals surface area contributed by atoms with E-state index in [1.165, 1.54) is 19.4 Å². The summed E-state index contributed by atoms with van der Waals surface area (Å²) in [7, 11) is 3.00. The predicted octanol–water partition coefficient (Wildman–Crippen LogP) is 1.03. The van der Waals surface area contributed by atoms with E-state index < -0.39 is 23.0 Å². The maximum atomic E-state index is 13.2. The Morgan fingerprint density at radius 2 is 2.00 bits per heavy atom. The van der Waals surface area contributed by atoms with Crippen molar-refractivity contribution in [1.82, 2.24) is 4.98 Å². The fourth-order valence-corrected chi connectivity index (χ4v) is 4.86. The number of carbonyl (C=O) groups excluding carboxylic acids is 2. The maximum absolute atomic E-state index is 13.2. The van der Waals surface area contributed by atoms with E-state index >= 15 is 0 Å². The number of hydrogen-bond donors (Lipinski definition) is 0. The molecule has 26 heavy (non-hydrogen) atoms. The number of aromatic nitrogens is 1. The minimum atomic E-state index is -0.847. The van der Waals surface area contributed by atoms with Crippen molar-refractivity contribution in [3.8, 4) is 11.8 Å². The second-order valence-corrected chi connectivity index (χ2v) is 7.35. The van der Waals surface area contributed by atoms with Crippen LogP contribution in [-0.4, -0.2) is 48.3 Å². The Morgan fingerprint density at radius 1 is 1.31 bits per heavy atom. The lowest BCUT2D eigenvalue weighted by atomic mass is 9.67. The van der Waals surface area contributed by atoms with E-state index in [0.717, 1.165) is 4.90 Å². The van der Waals surface area contributed by atoms with Crippen molar-refractivity contribution in [1.29, 1.82) is 5.26 Å². The van der Waals surface area contributed by atoms with Crippen LogP contribution in [0.5, 0.6) is 5.75 Å². The van der Waals surface area contributed by atoms with Crippen LogP contribution in [0.15, 0.2) is 12.3 Å². The summed E-state index contributed by atoms with van der Waals surface area (Å²) in [5.74, 6) is -1.60. The average Bonchev–Trinajstić information content (AvgIpc) is 3.15. The summed E-state index contributed by atoms with van der Waals surface area (Å²) in [6.07, 6.45) is 1.65. The minimum Gasteiger partial charge on any atom is -0.494 e. The standard InChI is InChI=1S/C18H19N3O5/c1-17-6-12(25-4)18(2,26-17)14-13(17)15(22)21(16(14)23)9-5-11(24-3)10(7-19)20-8-9/h5,8,12-14H,6H2,1-4H3/t12-,13+,14-,17+,18-/m0/s1. The summed E-state index contributed by atoms with van der Waals surface area (Å²) in [5, 5.41) is 9.07. The molecule has 3 aliphatic heterocycles. The van der Waals surface area contributed by atoms with Crippen molar-refractivity contribution in [3.63, 3.8) is 0 Å². The van der Waals surface area contributed by atoms with Gasteiger partial charge in [-0.3, -0.25) is 9.59 Å². The molecule has 4 heterocycles. The Kier molecular flexibility index (Phi) is 3.42. The third-order valence-electron chi connectivity index (χ3n) is 5.97. The molecule has 1 aromatic heterocycles. The molecule has 136 valence electrons. The van der Waals surface area contributed by atoms with Gasteiger partial charge in [0.15, 0.2) is 11.4 Å². The average molecular weight is 357 g/mol. The van der Waals surface area contributed by atoms with Crippen LogP contribution in [0.1, 0.15) is 26.0 Å². The second kappa shape index (κ2) is 5.25. The zero-order chi connectivity index (χ0) is 18.9. The molecule has 0 N–H and O–H groups in total. The van der Waals surface area contributed by atoms with E-state index in [2.05, 4.69) is 4.98 Å². The smallest absolute Gasteiger partial charge is 0.240 e. The predicted molar refractivity (Wildman–Crippen MR) is 88.3 cm³/mol. The van der Waals surface area contributed by atoms with Crippen molar-refractivity contribution in [2.45, 2.75) is 37.6 Å². The molecule has 3 saturated heterocycles. The first kappa shape index (κ1) is 16.9. The molecule has 8 heteroatoms. The summed E-state index contributed by atoms with van der Waals surface area (Å²) < 4.78 is 16.8. The van der Waals surface area contributed by atoms with Crippen molar-refractivity contribution in [3.05, 3.63) is 18.0 Å². The van der Waals surface area contributed by atoms with Crippen molar-refractivity contribution >= 4 is 17.5 Å². The molecule has 0 saturated carbocycles. The summed E-state index contributed by atoms with van der Waals surface area (Å²) >= 11 is 0. The van der Waals surface area contributed by atoms with Gasteiger partial charge in [-0.15, -0.1) is 0 Å². The molecule has 8 nitrogen and oxygen atoms in total. The fourth-order valence-electron chi connectivity index (χ4n) is 4.86. The van der Waals surface area contributed by atoms with Gasteiger partial charge < -0.3 is 14.2 Å². The monoisotopic (exact) mass is 357 g/mol. The van der Waals surface area contributed by atoms with E-state index in [4.69, 9.17) is 19.5 Å². The van der Waals surface area contributed by atoms with E-state index in [-0.39, 0.29) is 29.4 Å². The molecule has 0 unspecified atom stereocenters. The van der Waals surface area contributed by atoms with Crippen molar-refractivity contribution < 1.29 is 23.8 Å². The summed E-state index contributed by atoms with van der Waals surface area (Å²) in [6.45, 7) is 3.70. The largest absolute Gasteiger partial charge is 0.494 e. The molecule has 3 aliphatic rings. The number of pyridine rings is 1. The molecular weight excluding hydrogens is 338 g/mol. The normalized spacial score (nSPS) is 37.8. The van der Waals surface area contributed by atoms with Gasteiger partial charge in [-0.05, 0) is 13.8 Å². The quantitative estimate of drug-likeness (QED) is 0.745. The molecule has 4 rings (SSSR count). The highest BCUT2D eigenvalue weighted by Crippen LogP contribution is 2.61. The Labute approximate surface area is 150 Å². The van der Waals surface area contributed by atoms with Crippen molar-refractivity contribution in [2.24, 2.45) is 11.8 Å². The lowest BCUT2D eigenvalue weighted by Gasteiger charge is -2.34. The molecular formula is C18H19N3O5. The molecule has 3 fully saturated rings. The molecule has 0 aromatic carbocycles. The highest BCUT2D eigenvalue weighted by molar-refractivity contribution is 6.23. The van der Waals surface area contributed by atoms with Gasteiger partial charge in [0.25, 0.3) is 0 Å². The van der Waals surface area contributed by atoms with Crippen LogP contribution in [-0.2, 0) is 19.1 Å². The lowest BCUT2D eigenvalue weighted by molar-refractivity contribution is -0.133. The number of hydrogen-bond acceptors (Lipinski definition) is 7. The van der Waals surface area contributed by atoms with E-state index in [1.54, 1.807) is 7.11 Å². The molecule has 2 bridgehead atoms. The fraction of sp³-hybridized carbons (Fsp3) is 0.556. The van der Waals surface area contributed by atoms with Gasteiger partial charge in [-0.25, -0.2) is 9.88 Å². The number of imide groups is 1. The number of carbonyl (C=O) groups is 2. The number of nitrogens with zero attached hydrogens (tertiary/aromatic N) is 3. The van der Waals surface area contributed by atoms with Crippen LogP contribution in [0.2, 0.25) is 0 Å². The van der Waals surface area contributed by atoms with Crippen LogP contribution >= 0.6 is 0 Å². The molecule has 0 aliphatic carbocycles. The zero-order valence-corrected chi connectivity index (χ0v) is 15.0. The van der Waals surface area contributed by atoms with Gasteiger partial charge in [0, 0.05) is 19.6 Å². The molecule has 5 atom stereocenters. The second-order valence-electron chi connectivity index (χ2n) is 7.35. The molecule has 0 spiro atoms. The Hall–Kier alpha value is -2.50. The lowest BCUT2D eigenvalue weighted by Crippen LogP contribution is -2.49. The van der Waals surface area contributed by atoms with Crippen LogP contribution < -0.4 is 9.64 Å². The van der Waals surface area contributed by atoms with Crippen LogP contribution in [0.25, 0.3) is 0 Å². The van der Waals surface area contributed by atoms with Gasteiger partial charge in [-0.2, -0.15) is 5.26 Å². The number of methoxy groups -OCH3 is 2. The number of anilines is 1. The first-order valence-electron chi connectivity index (χ1n) is 8.35. The van der Waals surface area contributed by atoms with E-state index in [1.807, 2.05) is 19.9 Å². The summed E-state index contributed by atoms with van der Waals surface area (Å²) in [5.41, 5.74) is -1.20. The Morgan fingerprint density at radius 3 is 2.62 bits per heavy atom. The first-order chi connectivity index (χ1) is 12.3. The molecule has 2 amide bonds. The Balaban J connectivity index is 1.78. The SMILES string of the molecule is COc1cc(N2C(=O)[C@@H]3[C@H](C2=O)[C@@]2(C)C[C@H](OC)[C@]3(C)O2)cnc1C#N. The maximum Gasteiger partial charge on any atom is 0.240 e. The summed E-state index contributed by atoms with van der Waals surface area (Å²) in [6, 6.07) is 3.40. The zero-order valence-electron chi connectivity index (χ0n) is 15.0. The minimum absolute atomic E-state index is 0.0947. The van der Waals surface area contributed by atoms with E-state index in [0.29, 0.717) is 12.1 Å². The molecule has 1 aromatic rings. The summed E-state index contributed by atoms with van der Waals surface area (Å²) in [4.78, 5) is 31.5. The van der Waals surface area contributed by atoms with Crippen LogP contribution in [0.3, 0.4) is 0 Å². The van der Waals surface area contributed by atoms with Gasteiger partial charge in [0.05, 0.1) is 42.5 Å². The van der Waals surface area contributed by atoms with E-state index in [9.17, 15) is 9.59 Å². The highest BCUT2D eigenvalue weighted by atomic mass is 16.6.